The Balaban J connectivity index is 2.27. The number of nitrogens with zero attached hydrogens (tertiary/aromatic N) is 2. The van der Waals surface area contributed by atoms with Gasteiger partial charge in [0.05, 0.1) is 16.8 Å². The van der Waals surface area contributed by atoms with E-state index in [2.05, 4.69) is 10.3 Å². The number of hydrogen-bond acceptors (Lipinski definition) is 6. The minimum Gasteiger partial charge on any atom is -0.507 e. The van der Waals surface area contributed by atoms with E-state index in [9.17, 15) is 14.7 Å². The Hall–Kier alpha value is -3.11. The summed E-state index contributed by atoms with van der Waals surface area (Å²) in [6.45, 7) is 0. The molecule has 0 heterocycles. The molecule has 0 unspecified atom stereocenters. The fourth-order valence-electron chi connectivity index (χ4n) is 2.56. The smallest absolute Gasteiger partial charge is 0.198 e. The maximum absolute atomic E-state index is 12.8. The van der Waals surface area contributed by atoms with Gasteiger partial charge in [0.1, 0.15) is 5.75 Å². The summed E-state index contributed by atoms with van der Waals surface area (Å²) in [5.41, 5.74) is 0.743. The summed E-state index contributed by atoms with van der Waals surface area (Å²) in [4.78, 5) is 29.7. The number of nitrogens with one attached hydrogen (secondary N) is 1. The fraction of sp³-hybridized carbons (Fsp3) is 0.0588. The van der Waals surface area contributed by atoms with E-state index in [4.69, 9.17) is 5.26 Å². The number of benzene rings is 2. The number of hydrogen-bond donors (Lipinski definition) is 2. The summed E-state index contributed by atoms with van der Waals surface area (Å²) in [7, 11) is 0. The third-order valence-electron chi connectivity index (χ3n) is 3.61. The molecule has 3 rings (SSSR count). The number of carbonyl (C=O) groups is 2. The monoisotopic (exact) mass is 337 g/mol. The topological polar surface area (TPSA) is 103 Å². The van der Waals surface area contributed by atoms with Crippen LogP contribution in [0.25, 0.3) is 0 Å². The highest BCUT2D eigenvalue weighted by molar-refractivity contribution is 8.13. The maximum atomic E-state index is 12.8. The third kappa shape index (κ3) is 2.43. The van der Waals surface area contributed by atoms with E-state index >= 15 is 0 Å². The first-order valence-electron chi connectivity index (χ1n) is 6.90. The highest BCUT2D eigenvalue weighted by Gasteiger charge is 2.33. The zero-order chi connectivity index (χ0) is 17.3. The van der Waals surface area contributed by atoms with Gasteiger partial charge in [0, 0.05) is 11.1 Å². The molecular formula is C17H11N3O3S. The quantitative estimate of drug-likeness (QED) is 0.306. The van der Waals surface area contributed by atoms with Gasteiger partial charge in [-0.3, -0.25) is 14.9 Å². The molecule has 2 aromatic rings. The Bertz CT molecular complexity index is 945. The molecule has 2 N–H and O–H groups in total. The van der Waals surface area contributed by atoms with Gasteiger partial charge in [-0.05, 0) is 18.4 Å². The van der Waals surface area contributed by atoms with Gasteiger partial charge in [0.15, 0.2) is 22.9 Å². The van der Waals surface area contributed by atoms with Gasteiger partial charge in [-0.1, -0.05) is 36.0 Å². The molecule has 0 spiro atoms. The molecule has 1 aliphatic carbocycles. The molecule has 7 heteroatoms. The molecule has 0 aromatic heterocycles. The number of aromatic hydroxyl groups is 1. The van der Waals surface area contributed by atoms with Crippen LogP contribution in [0.3, 0.4) is 0 Å². The van der Waals surface area contributed by atoms with E-state index in [1.165, 1.54) is 23.9 Å². The first-order valence-corrected chi connectivity index (χ1v) is 8.13. The lowest BCUT2D eigenvalue weighted by molar-refractivity contribution is 0.0977. The van der Waals surface area contributed by atoms with Crippen molar-refractivity contribution < 1.29 is 14.7 Å². The van der Waals surface area contributed by atoms with Crippen LogP contribution in [0.2, 0.25) is 0 Å². The normalized spacial score (nSPS) is 13.1. The van der Waals surface area contributed by atoms with Crippen LogP contribution in [0.1, 0.15) is 31.8 Å². The Morgan fingerprint density at radius 2 is 1.75 bits per heavy atom. The molecule has 1 aliphatic rings. The molecule has 0 fully saturated rings. The van der Waals surface area contributed by atoms with Crippen molar-refractivity contribution in [3.8, 4) is 11.9 Å². The zero-order valence-corrected chi connectivity index (χ0v) is 13.3. The summed E-state index contributed by atoms with van der Waals surface area (Å²) < 4.78 is 0. The van der Waals surface area contributed by atoms with E-state index in [-0.39, 0.29) is 44.6 Å². The number of carbonyl (C=O) groups excluding carboxylic acids is 2. The predicted octanol–water partition coefficient (Wildman–Crippen LogP) is 2.59. The van der Waals surface area contributed by atoms with Crippen molar-refractivity contribution in [3.63, 3.8) is 0 Å². The Labute approximate surface area is 141 Å². The standard InChI is InChI=1S/C17H11N3O3S/c1-24-17(19-8-18)20-11-6-7-12(21)14-13(11)15(22)9-4-2-3-5-10(9)16(14)23/h2-7,21H,1H3,(H,19,20). The van der Waals surface area contributed by atoms with E-state index in [0.29, 0.717) is 0 Å². The van der Waals surface area contributed by atoms with Crippen molar-refractivity contribution in [2.75, 3.05) is 6.26 Å². The maximum Gasteiger partial charge on any atom is 0.198 e. The number of nitriles is 1. The highest BCUT2D eigenvalue weighted by atomic mass is 32.2. The molecule has 0 bridgehead atoms. The van der Waals surface area contributed by atoms with Crippen LogP contribution in [0.4, 0.5) is 5.69 Å². The molecule has 2 aromatic carbocycles. The molecule has 0 saturated carbocycles. The summed E-state index contributed by atoms with van der Waals surface area (Å²) in [6, 6.07) is 9.23. The van der Waals surface area contributed by atoms with Crippen LogP contribution in [-0.4, -0.2) is 28.1 Å². The summed E-state index contributed by atoms with van der Waals surface area (Å²) in [5.74, 6) is -1.07. The lowest BCUT2D eigenvalue weighted by atomic mass is 9.83. The zero-order valence-electron chi connectivity index (χ0n) is 12.5. The van der Waals surface area contributed by atoms with Gasteiger partial charge in [-0.15, -0.1) is 0 Å². The van der Waals surface area contributed by atoms with Crippen molar-refractivity contribution in [2.45, 2.75) is 0 Å². The van der Waals surface area contributed by atoms with Crippen molar-refractivity contribution in [1.29, 1.82) is 5.26 Å². The average molecular weight is 337 g/mol. The first-order chi connectivity index (χ1) is 11.6. The van der Waals surface area contributed by atoms with Crippen LogP contribution < -0.4 is 5.32 Å². The van der Waals surface area contributed by atoms with Crippen LogP contribution in [0.5, 0.6) is 5.75 Å². The Kier molecular flexibility index (Phi) is 4.06. The molecule has 6 nitrogen and oxygen atoms in total. The Morgan fingerprint density at radius 3 is 2.33 bits per heavy atom. The molecule has 24 heavy (non-hydrogen) atoms. The van der Waals surface area contributed by atoms with Crippen molar-refractivity contribution in [2.24, 2.45) is 4.99 Å². The minimum absolute atomic E-state index is 0.0463. The number of phenols is 1. The lowest BCUT2D eigenvalue weighted by Gasteiger charge is -2.19. The van der Waals surface area contributed by atoms with E-state index in [1.807, 2.05) is 0 Å². The number of aliphatic imine (C=N–C) groups is 1. The molecule has 0 atom stereocenters. The number of phenolic OH excluding ortho intramolecular Hbond substituents is 1. The molecule has 0 radical (unpaired) electrons. The number of fused-ring (bicyclic) bond motifs is 2. The van der Waals surface area contributed by atoms with Gasteiger partial charge in [0.25, 0.3) is 0 Å². The third-order valence-corrected chi connectivity index (χ3v) is 4.19. The highest BCUT2D eigenvalue weighted by Crippen LogP contribution is 2.38. The van der Waals surface area contributed by atoms with Crippen LogP contribution in [0.15, 0.2) is 41.4 Å². The van der Waals surface area contributed by atoms with E-state index in [0.717, 1.165) is 0 Å². The Morgan fingerprint density at radius 1 is 1.12 bits per heavy atom. The largest absolute Gasteiger partial charge is 0.507 e. The van der Waals surface area contributed by atoms with Gasteiger partial charge in [0.2, 0.25) is 0 Å². The molecular weight excluding hydrogens is 326 g/mol. The van der Waals surface area contributed by atoms with E-state index < -0.39 is 5.78 Å². The molecule has 0 amide bonds. The second-order valence-corrected chi connectivity index (χ2v) is 5.71. The summed E-state index contributed by atoms with van der Waals surface area (Å²) in [6.07, 6.45) is 3.48. The fourth-order valence-corrected chi connectivity index (χ4v) is 2.90. The van der Waals surface area contributed by atoms with Crippen molar-refractivity contribution in [1.82, 2.24) is 5.32 Å². The van der Waals surface area contributed by atoms with Gasteiger partial charge in [-0.25, -0.2) is 4.99 Å². The summed E-state index contributed by atoms with van der Waals surface area (Å²) >= 11 is 1.19. The first kappa shape index (κ1) is 15.8. The van der Waals surface area contributed by atoms with Gasteiger partial charge < -0.3 is 5.11 Å². The number of amidine groups is 1. The summed E-state index contributed by atoms with van der Waals surface area (Å²) in [5, 5.41) is 21.5. The SMILES string of the molecule is CSC(=Nc1ccc(O)c2c1C(=O)c1ccccc1C2=O)NC#N. The number of rotatable bonds is 1. The van der Waals surface area contributed by atoms with E-state index in [1.54, 1.807) is 36.7 Å². The second-order valence-electron chi connectivity index (χ2n) is 4.92. The average Bonchev–Trinajstić information content (AvgIpc) is 2.60. The minimum atomic E-state index is -0.423. The second kappa shape index (κ2) is 6.18. The van der Waals surface area contributed by atoms with Crippen LogP contribution in [0, 0.1) is 11.5 Å². The van der Waals surface area contributed by atoms with Crippen LogP contribution >= 0.6 is 11.8 Å². The number of thioether (sulfide) groups is 1. The van der Waals surface area contributed by atoms with Crippen LogP contribution in [-0.2, 0) is 0 Å². The molecule has 118 valence electrons. The van der Waals surface area contributed by atoms with Crippen molar-refractivity contribution >= 4 is 34.2 Å². The van der Waals surface area contributed by atoms with Crippen molar-refractivity contribution in [3.05, 3.63) is 58.7 Å². The number of ketones is 2. The predicted molar refractivity (Wildman–Crippen MR) is 90.8 cm³/mol. The molecule has 0 aliphatic heterocycles. The van der Waals surface area contributed by atoms with Gasteiger partial charge in [-0.2, -0.15) is 5.26 Å². The lowest BCUT2D eigenvalue weighted by Crippen LogP contribution is -2.21. The molecule has 0 saturated heterocycles. The van der Waals surface area contributed by atoms with Gasteiger partial charge >= 0.3 is 0 Å².